The predicted octanol–water partition coefficient (Wildman–Crippen LogP) is 8.90. The van der Waals surface area contributed by atoms with Crippen LogP contribution in [0.25, 0.3) is 28.0 Å². The lowest BCUT2D eigenvalue weighted by Gasteiger charge is -2.40. The van der Waals surface area contributed by atoms with Crippen molar-refractivity contribution in [3.8, 4) is 28.7 Å². The Morgan fingerprint density at radius 3 is 2.42 bits per heavy atom. The zero-order chi connectivity index (χ0) is 27.6. The molecule has 0 spiro atoms. The highest BCUT2D eigenvalue weighted by Gasteiger charge is 2.45. The number of halogens is 1. The van der Waals surface area contributed by atoms with E-state index in [-0.39, 0.29) is 11.2 Å². The van der Waals surface area contributed by atoms with E-state index < -0.39 is 5.60 Å². The number of hydrogen-bond acceptors (Lipinski definition) is 3. The Labute approximate surface area is 233 Å². The van der Waals surface area contributed by atoms with E-state index in [2.05, 4.69) is 56.3 Å². The Morgan fingerprint density at radius 1 is 0.950 bits per heavy atom. The van der Waals surface area contributed by atoms with E-state index in [1.54, 1.807) is 13.2 Å². The van der Waals surface area contributed by atoms with Crippen molar-refractivity contribution < 1.29 is 13.9 Å². The lowest BCUT2D eigenvalue weighted by Crippen LogP contribution is -2.36. The molecular formula is C36H28FNO2. The first-order chi connectivity index (χ1) is 19.4. The molecule has 1 atom stereocenters. The maximum absolute atomic E-state index is 14.1. The minimum atomic E-state index is -0.892. The van der Waals surface area contributed by atoms with Gasteiger partial charge < -0.3 is 9.47 Å². The summed E-state index contributed by atoms with van der Waals surface area (Å²) in [6.45, 7) is 4.45. The maximum atomic E-state index is 14.1. The van der Waals surface area contributed by atoms with Gasteiger partial charge in [-0.25, -0.2) is 4.39 Å². The molecule has 1 aliphatic heterocycles. The third-order valence-electron chi connectivity index (χ3n) is 8.76. The van der Waals surface area contributed by atoms with Crippen LogP contribution < -0.4 is 9.47 Å². The Bertz CT molecular complexity index is 1850. The van der Waals surface area contributed by atoms with Gasteiger partial charge in [0.25, 0.3) is 0 Å². The van der Waals surface area contributed by atoms with Crippen molar-refractivity contribution in [1.29, 1.82) is 5.26 Å². The van der Waals surface area contributed by atoms with Crippen LogP contribution >= 0.6 is 0 Å². The number of nitriles is 1. The lowest BCUT2D eigenvalue weighted by atomic mass is 9.75. The van der Waals surface area contributed by atoms with Crippen molar-refractivity contribution in [2.24, 2.45) is 0 Å². The highest BCUT2D eigenvalue weighted by molar-refractivity contribution is 6.08. The molecule has 1 heterocycles. The van der Waals surface area contributed by atoms with Gasteiger partial charge in [0.05, 0.1) is 18.7 Å². The van der Waals surface area contributed by atoms with Crippen LogP contribution in [-0.4, -0.2) is 7.11 Å². The molecule has 4 aromatic rings. The molecule has 0 aromatic heterocycles. The van der Waals surface area contributed by atoms with Gasteiger partial charge >= 0.3 is 0 Å². The van der Waals surface area contributed by atoms with Gasteiger partial charge in [0.1, 0.15) is 17.3 Å². The zero-order valence-corrected chi connectivity index (χ0v) is 22.7. The van der Waals surface area contributed by atoms with E-state index in [0.717, 1.165) is 50.1 Å². The summed E-state index contributed by atoms with van der Waals surface area (Å²) in [6, 6.07) is 24.7. The molecule has 3 nitrogen and oxygen atoms in total. The van der Waals surface area contributed by atoms with Gasteiger partial charge in [-0.3, -0.25) is 0 Å². The third-order valence-corrected chi connectivity index (χ3v) is 8.76. The summed E-state index contributed by atoms with van der Waals surface area (Å²) in [5, 5.41) is 11.8. The molecule has 0 saturated heterocycles. The fraction of sp³-hybridized carbons (Fsp3) is 0.194. The van der Waals surface area contributed by atoms with Crippen molar-refractivity contribution in [1.82, 2.24) is 0 Å². The molecule has 40 heavy (non-hydrogen) atoms. The zero-order valence-electron chi connectivity index (χ0n) is 22.7. The molecule has 4 heteroatoms. The average molecular weight is 526 g/mol. The number of nitrogens with zero attached hydrogens (tertiary/aromatic N) is 1. The van der Waals surface area contributed by atoms with Gasteiger partial charge in [-0.15, -0.1) is 0 Å². The van der Waals surface area contributed by atoms with Crippen LogP contribution in [0.3, 0.4) is 0 Å². The number of hydrogen-bond donors (Lipinski definition) is 0. The average Bonchev–Trinajstić information content (AvgIpc) is 3.23. The van der Waals surface area contributed by atoms with Crippen molar-refractivity contribution >= 4 is 16.8 Å². The number of fused-ring (bicyclic) bond motifs is 8. The second-order valence-corrected chi connectivity index (χ2v) is 11.2. The third kappa shape index (κ3) is 3.34. The Morgan fingerprint density at radius 2 is 1.73 bits per heavy atom. The van der Waals surface area contributed by atoms with Crippen LogP contribution in [0.5, 0.6) is 11.5 Å². The summed E-state index contributed by atoms with van der Waals surface area (Å²) < 4.78 is 26.8. The molecule has 0 bridgehead atoms. The summed E-state index contributed by atoms with van der Waals surface area (Å²) in [7, 11) is 1.65. The van der Waals surface area contributed by atoms with Gasteiger partial charge in [-0.05, 0) is 76.1 Å². The molecule has 3 aliphatic rings. The SMILES string of the molecule is COc1ccc(C2(C3=CC=C(F)CC3)C=Cc3c4c(c5ccccc5c3O2)-c2ccc(C#N)cc2C4(C)C)cc1. The van der Waals surface area contributed by atoms with Crippen molar-refractivity contribution in [2.75, 3.05) is 7.11 Å². The summed E-state index contributed by atoms with van der Waals surface area (Å²) in [6.07, 6.45) is 8.67. The molecule has 2 aliphatic carbocycles. The summed E-state index contributed by atoms with van der Waals surface area (Å²) in [5.41, 5.74) is 7.16. The van der Waals surface area contributed by atoms with Gasteiger partial charge in [0.15, 0.2) is 5.60 Å². The molecule has 4 aromatic carbocycles. The normalized spacial score (nSPS) is 20.0. The van der Waals surface area contributed by atoms with Crippen LogP contribution in [0.15, 0.2) is 96.4 Å². The molecule has 0 radical (unpaired) electrons. The van der Waals surface area contributed by atoms with E-state index in [4.69, 9.17) is 9.47 Å². The molecule has 0 N–H and O–H groups in total. The number of allylic oxidation sites excluding steroid dienone is 3. The second-order valence-electron chi connectivity index (χ2n) is 11.2. The highest BCUT2D eigenvalue weighted by atomic mass is 19.1. The monoisotopic (exact) mass is 525 g/mol. The van der Waals surface area contributed by atoms with Gasteiger partial charge in [0.2, 0.25) is 0 Å². The van der Waals surface area contributed by atoms with E-state index in [0.29, 0.717) is 18.4 Å². The van der Waals surface area contributed by atoms with Gasteiger partial charge in [-0.1, -0.05) is 68.5 Å². The number of ether oxygens (including phenoxy) is 2. The summed E-state index contributed by atoms with van der Waals surface area (Å²) in [4.78, 5) is 0. The van der Waals surface area contributed by atoms with Gasteiger partial charge in [0, 0.05) is 28.3 Å². The fourth-order valence-electron chi connectivity index (χ4n) is 6.78. The van der Waals surface area contributed by atoms with Crippen LogP contribution in [0.2, 0.25) is 0 Å². The standard InChI is InChI=1S/C36H28FNO2/c1-35(2)31-20-22(21-38)8-17-29(31)32-27-6-4-5-7-28(27)34-30(33(32)35)18-19-36(40-34,23-9-13-25(37)14-10-23)24-11-15-26(39-3)16-12-24/h4-9,11-13,15-20H,10,14H2,1-3H3. The van der Waals surface area contributed by atoms with E-state index >= 15 is 0 Å². The smallest absolute Gasteiger partial charge is 0.174 e. The van der Waals surface area contributed by atoms with E-state index in [1.807, 2.05) is 48.5 Å². The number of rotatable bonds is 3. The number of methoxy groups -OCH3 is 1. The lowest BCUT2D eigenvalue weighted by molar-refractivity contribution is 0.153. The van der Waals surface area contributed by atoms with Crippen LogP contribution in [0.4, 0.5) is 4.39 Å². The molecule has 0 fully saturated rings. The van der Waals surface area contributed by atoms with Gasteiger partial charge in [-0.2, -0.15) is 5.26 Å². The quantitative estimate of drug-likeness (QED) is 0.268. The minimum Gasteiger partial charge on any atom is -0.497 e. The number of benzene rings is 4. The topological polar surface area (TPSA) is 42.2 Å². The first-order valence-electron chi connectivity index (χ1n) is 13.6. The van der Waals surface area contributed by atoms with E-state index in [1.165, 1.54) is 11.1 Å². The molecule has 7 rings (SSSR count). The van der Waals surface area contributed by atoms with Crippen LogP contribution in [0, 0.1) is 11.3 Å². The van der Waals surface area contributed by atoms with E-state index in [9.17, 15) is 9.65 Å². The van der Waals surface area contributed by atoms with Crippen LogP contribution in [-0.2, 0) is 11.0 Å². The minimum absolute atomic E-state index is 0.117. The first-order valence-corrected chi connectivity index (χ1v) is 13.6. The van der Waals surface area contributed by atoms with Crippen LogP contribution in [0.1, 0.15) is 54.5 Å². The maximum Gasteiger partial charge on any atom is 0.174 e. The van der Waals surface area contributed by atoms with Crippen molar-refractivity contribution in [3.05, 3.63) is 124 Å². The largest absolute Gasteiger partial charge is 0.497 e. The molecule has 1 unspecified atom stereocenters. The summed E-state index contributed by atoms with van der Waals surface area (Å²) >= 11 is 0. The first kappa shape index (κ1) is 24.4. The molecule has 196 valence electrons. The Balaban J connectivity index is 1.52. The predicted molar refractivity (Wildman–Crippen MR) is 157 cm³/mol. The molecular weight excluding hydrogens is 497 g/mol. The highest BCUT2D eigenvalue weighted by Crippen LogP contribution is 2.58. The molecule has 0 amide bonds. The fourth-order valence-corrected chi connectivity index (χ4v) is 6.78. The van der Waals surface area contributed by atoms with Crippen molar-refractivity contribution in [3.63, 3.8) is 0 Å². The second kappa shape index (κ2) is 8.69. The van der Waals surface area contributed by atoms with Crippen molar-refractivity contribution in [2.45, 2.75) is 37.7 Å². The Kier molecular flexibility index (Phi) is 5.31. The Hall–Kier alpha value is -4.62. The molecule has 0 saturated carbocycles. The summed E-state index contributed by atoms with van der Waals surface area (Å²) in [5.74, 6) is 1.47.